The largest absolute Gasteiger partial charge is 0.347 e. The first-order chi connectivity index (χ1) is 12.3. The van der Waals surface area contributed by atoms with Crippen molar-refractivity contribution >= 4 is 6.03 Å². The molecule has 2 unspecified atom stereocenters. The van der Waals surface area contributed by atoms with E-state index >= 15 is 0 Å². The molecule has 1 saturated carbocycles. The number of carbonyl (C=O) groups excluding carboxylic acids is 1. The van der Waals surface area contributed by atoms with Crippen LogP contribution in [0.25, 0.3) is 0 Å². The van der Waals surface area contributed by atoms with Gasteiger partial charge in [0.2, 0.25) is 0 Å². The molecular weight excluding hydrogens is 320 g/mol. The second-order valence-corrected chi connectivity index (χ2v) is 7.44. The summed E-state index contributed by atoms with van der Waals surface area (Å²) in [5.41, 5.74) is 1.08. The first-order valence-electron chi connectivity index (χ1n) is 9.61. The third-order valence-electron chi connectivity index (χ3n) is 5.68. The summed E-state index contributed by atoms with van der Waals surface area (Å²) < 4.78 is 12.1. The second kappa shape index (κ2) is 7.33. The Bertz CT molecular complexity index is 571. The van der Waals surface area contributed by atoms with Gasteiger partial charge in [-0.1, -0.05) is 6.42 Å². The highest BCUT2D eigenvalue weighted by molar-refractivity contribution is 5.74. The number of nitrogens with zero attached hydrogens (tertiary/aromatic N) is 2. The zero-order chi connectivity index (χ0) is 17.1. The molecule has 2 atom stereocenters. The molecule has 0 radical (unpaired) electrons. The molecule has 2 aliphatic heterocycles. The number of H-pyrrole nitrogens is 1. The van der Waals surface area contributed by atoms with E-state index in [0.717, 1.165) is 44.2 Å². The van der Waals surface area contributed by atoms with E-state index in [4.69, 9.17) is 9.47 Å². The fourth-order valence-corrected chi connectivity index (χ4v) is 4.34. The van der Waals surface area contributed by atoms with Crippen molar-refractivity contribution in [1.82, 2.24) is 20.4 Å². The summed E-state index contributed by atoms with van der Waals surface area (Å²) in [5, 5.41) is 9.94. The van der Waals surface area contributed by atoms with Crippen LogP contribution in [0.1, 0.15) is 63.0 Å². The Morgan fingerprint density at radius 2 is 2.20 bits per heavy atom. The Labute approximate surface area is 148 Å². The standard InChI is InChI=1S/C18H28N4O3/c23-17(22-9-5-2-6-16(22)14-10-20-21-11-14)19-12-15-13-24-18(25-15)7-3-1-4-8-18/h10-11,15-16H,1-9,12-13H2,(H,19,23)(H,20,21). The minimum absolute atomic E-state index is 0.0147. The molecule has 138 valence electrons. The maximum Gasteiger partial charge on any atom is 0.318 e. The lowest BCUT2D eigenvalue weighted by Crippen LogP contribution is -2.47. The van der Waals surface area contributed by atoms with Gasteiger partial charge < -0.3 is 19.7 Å². The molecule has 1 spiro atoms. The van der Waals surface area contributed by atoms with Gasteiger partial charge in [0.25, 0.3) is 0 Å². The molecule has 7 heteroatoms. The Morgan fingerprint density at radius 1 is 1.32 bits per heavy atom. The van der Waals surface area contributed by atoms with Crippen LogP contribution in [0.2, 0.25) is 0 Å². The van der Waals surface area contributed by atoms with Crippen LogP contribution >= 0.6 is 0 Å². The summed E-state index contributed by atoms with van der Waals surface area (Å²) in [6.45, 7) is 1.87. The van der Waals surface area contributed by atoms with Crippen LogP contribution in [0.3, 0.4) is 0 Å². The van der Waals surface area contributed by atoms with Gasteiger partial charge in [-0.05, 0) is 32.1 Å². The number of ether oxygens (including phenoxy) is 2. The van der Waals surface area contributed by atoms with Gasteiger partial charge in [0.1, 0.15) is 6.10 Å². The lowest BCUT2D eigenvalue weighted by Gasteiger charge is -2.35. The van der Waals surface area contributed by atoms with Crippen LogP contribution < -0.4 is 5.32 Å². The van der Waals surface area contributed by atoms with E-state index in [0.29, 0.717) is 13.2 Å². The predicted molar refractivity (Wildman–Crippen MR) is 91.9 cm³/mol. The Balaban J connectivity index is 1.31. The summed E-state index contributed by atoms with van der Waals surface area (Å²) in [4.78, 5) is 14.6. The Kier molecular flexibility index (Phi) is 4.94. The van der Waals surface area contributed by atoms with Crippen LogP contribution in [-0.2, 0) is 9.47 Å². The van der Waals surface area contributed by atoms with Gasteiger partial charge in [-0.2, -0.15) is 5.10 Å². The van der Waals surface area contributed by atoms with Gasteiger partial charge in [-0.3, -0.25) is 5.10 Å². The monoisotopic (exact) mass is 348 g/mol. The van der Waals surface area contributed by atoms with Crippen LogP contribution in [0, 0.1) is 0 Å². The number of carbonyl (C=O) groups is 1. The van der Waals surface area contributed by atoms with Crippen LogP contribution in [-0.4, -0.2) is 52.7 Å². The minimum Gasteiger partial charge on any atom is -0.347 e. The lowest BCUT2D eigenvalue weighted by atomic mass is 9.94. The van der Waals surface area contributed by atoms with Crippen molar-refractivity contribution in [2.45, 2.75) is 69.3 Å². The quantitative estimate of drug-likeness (QED) is 0.880. The number of likely N-dealkylation sites (tertiary alicyclic amines) is 1. The van der Waals surface area contributed by atoms with Gasteiger partial charge in [-0.25, -0.2) is 4.79 Å². The lowest BCUT2D eigenvalue weighted by molar-refractivity contribution is -0.186. The summed E-state index contributed by atoms with van der Waals surface area (Å²) in [7, 11) is 0. The maximum atomic E-state index is 12.7. The van der Waals surface area contributed by atoms with E-state index in [-0.39, 0.29) is 24.0 Å². The van der Waals surface area contributed by atoms with Crippen LogP contribution in [0.4, 0.5) is 4.79 Å². The SMILES string of the molecule is O=C(NCC1COC2(CCCCC2)O1)N1CCCCC1c1cn[nH]c1. The molecule has 3 aliphatic rings. The third kappa shape index (κ3) is 3.67. The third-order valence-corrected chi connectivity index (χ3v) is 5.68. The molecule has 1 aromatic heterocycles. The van der Waals surface area contributed by atoms with E-state index in [1.165, 1.54) is 19.3 Å². The molecule has 3 heterocycles. The van der Waals surface area contributed by atoms with Crippen molar-refractivity contribution < 1.29 is 14.3 Å². The number of amides is 2. The minimum atomic E-state index is -0.377. The van der Waals surface area contributed by atoms with Gasteiger partial charge in [-0.15, -0.1) is 0 Å². The molecule has 2 saturated heterocycles. The molecular formula is C18H28N4O3. The van der Waals surface area contributed by atoms with Gasteiger partial charge in [0.05, 0.1) is 18.8 Å². The van der Waals surface area contributed by atoms with E-state index in [2.05, 4.69) is 15.5 Å². The Hall–Kier alpha value is -1.60. The van der Waals surface area contributed by atoms with Crippen molar-refractivity contribution in [3.63, 3.8) is 0 Å². The molecule has 0 bridgehead atoms. The second-order valence-electron chi connectivity index (χ2n) is 7.44. The average molecular weight is 348 g/mol. The fourth-order valence-electron chi connectivity index (χ4n) is 4.34. The number of hydrogen-bond donors (Lipinski definition) is 2. The highest BCUT2D eigenvalue weighted by Crippen LogP contribution is 2.37. The van der Waals surface area contributed by atoms with E-state index in [1.54, 1.807) is 0 Å². The molecule has 2 amide bonds. The first-order valence-corrected chi connectivity index (χ1v) is 9.61. The van der Waals surface area contributed by atoms with Gasteiger partial charge >= 0.3 is 6.03 Å². The maximum absolute atomic E-state index is 12.7. The average Bonchev–Trinajstić information content (AvgIpc) is 3.31. The summed E-state index contributed by atoms with van der Waals surface area (Å²) in [5.74, 6) is -0.377. The zero-order valence-corrected chi connectivity index (χ0v) is 14.7. The molecule has 3 fully saturated rings. The number of rotatable bonds is 3. The number of aromatic nitrogens is 2. The summed E-state index contributed by atoms with van der Waals surface area (Å²) >= 11 is 0. The molecule has 25 heavy (non-hydrogen) atoms. The summed E-state index contributed by atoms with van der Waals surface area (Å²) in [6.07, 6.45) is 12.4. The zero-order valence-electron chi connectivity index (χ0n) is 14.7. The molecule has 7 nitrogen and oxygen atoms in total. The molecule has 2 N–H and O–H groups in total. The van der Waals surface area contributed by atoms with Gasteiger partial charge in [0.15, 0.2) is 5.79 Å². The van der Waals surface area contributed by atoms with Gasteiger partial charge in [0, 0.05) is 37.7 Å². The van der Waals surface area contributed by atoms with E-state index in [9.17, 15) is 4.79 Å². The highest BCUT2D eigenvalue weighted by atomic mass is 16.7. The molecule has 0 aromatic carbocycles. The number of hydrogen-bond acceptors (Lipinski definition) is 4. The Morgan fingerprint density at radius 3 is 3.00 bits per heavy atom. The van der Waals surface area contributed by atoms with Crippen molar-refractivity contribution in [1.29, 1.82) is 0 Å². The summed E-state index contributed by atoms with van der Waals surface area (Å²) in [6, 6.07) is 0.0945. The van der Waals surface area contributed by atoms with E-state index < -0.39 is 0 Å². The number of urea groups is 1. The van der Waals surface area contributed by atoms with E-state index in [1.807, 2.05) is 17.3 Å². The van der Waals surface area contributed by atoms with Crippen molar-refractivity contribution in [2.75, 3.05) is 19.7 Å². The topological polar surface area (TPSA) is 79.5 Å². The molecule has 4 rings (SSSR count). The predicted octanol–water partition coefficient (Wildman–Crippen LogP) is 2.72. The van der Waals surface area contributed by atoms with Crippen molar-refractivity contribution in [3.05, 3.63) is 18.0 Å². The first kappa shape index (κ1) is 16.8. The molecule has 1 aliphatic carbocycles. The fraction of sp³-hybridized carbons (Fsp3) is 0.778. The number of piperidine rings is 1. The number of aromatic amines is 1. The van der Waals surface area contributed by atoms with Crippen molar-refractivity contribution in [2.24, 2.45) is 0 Å². The molecule has 1 aromatic rings. The smallest absolute Gasteiger partial charge is 0.318 e. The van der Waals surface area contributed by atoms with Crippen LogP contribution in [0.15, 0.2) is 12.4 Å². The number of nitrogens with one attached hydrogen (secondary N) is 2. The highest BCUT2D eigenvalue weighted by Gasteiger charge is 2.42. The normalized spacial score (nSPS) is 29.0. The van der Waals surface area contributed by atoms with Crippen LogP contribution in [0.5, 0.6) is 0 Å². The van der Waals surface area contributed by atoms with Crippen molar-refractivity contribution in [3.8, 4) is 0 Å².